The van der Waals surface area contributed by atoms with E-state index in [-0.39, 0.29) is 18.2 Å². The molecule has 0 aliphatic carbocycles. The van der Waals surface area contributed by atoms with Gasteiger partial charge in [0, 0.05) is 0 Å². The summed E-state index contributed by atoms with van der Waals surface area (Å²) in [6, 6.07) is 16.0. The van der Waals surface area contributed by atoms with Gasteiger partial charge in [-0.2, -0.15) is 0 Å². The van der Waals surface area contributed by atoms with E-state index in [1.54, 1.807) is 11.0 Å². The monoisotopic (exact) mass is 321 g/mol. The van der Waals surface area contributed by atoms with E-state index in [1.165, 1.54) is 0 Å². The van der Waals surface area contributed by atoms with Gasteiger partial charge in [0.05, 0.1) is 11.7 Å². The van der Waals surface area contributed by atoms with Crippen LogP contribution in [0.1, 0.15) is 17.5 Å². The van der Waals surface area contributed by atoms with E-state index in [9.17, 15) is 4.79 Å². The molecule has 2 aliphatic rings. The largest absolute Gasteiger partial charge is 0.489 e. The number of benzene rings is 2. The van der Waals surface area contributed by atoms with Gasteiger partial charge in [-0.3, -0.25) is 4.90 Å². The molecule has 2 aliphatic heterocycles. The van der Waals surface area contributed by atoms with Crippen molar-refractivity contribution >= 4 is 11.8 Å². The molecule has 1 amide bonds. The molecule has 2 aromatic rings. The number of cyclic esters (lactones) is 1. The zero-order valence-electron chi connectivity index (χ0n) is 13.4. The molecule has 4 heteroatoms. The number of fused-ring (bicyclic) bond motifs is 3. The molecule has 2 atom stereocenters. The maximum Gasteiger partial charge on any atom is 0.415 e. The lowest BCUT2D eigenvalue weighted by atomic mass is 9.93. The highest BCUT2D eigenvalue weighted by Crippen LogP contribution is 2.39. The number of carbonyl (C=O) groups excluding carboxylic acids is 1. The van der Waals surface area contributed by atoms with Gasteiger partial charge in [0.15, 0.2) is 0 Å². The minimum Gasteiger partial charge on any atom is -0.489 e. The van der Waals surface area contributed by atoms with Crippen molar-refractivity contribution in [2.75, 3.05) is 4.90 Å². The fraction of sp³-hybridized carbons (Fsp3) is 0.250. The van der Waals surface area contributed by atoms with Gasteiger partial charge < -0.3 is 9.47 Å². The molecule has 24 heavy (non-hydrogen) atoms. The van der Waals surface area contributed by atoms with Crippen LogP contribution in [0.3, 0.4) is 0 Å². The molecule has 0 saturated carbocycles. The summed E-state index contributed by atoms with van der Waals surface area (Å²) in [7, 11) is 0. The van der Waals surface area contributed by atoms with E-state index in [4.69, 9.17) is 9.47 Å². The van der Waals surface area contributed by atoms with Crippen molar-refractivity contribution in [3.63, 3.8) is 0 Å². The summed E-state index contributed by atoms with van der Waals surface area (Å²) >= 11 is 0. The normalized spacial score (nSPS) is 21.7. The molecule has 0 bridgehead atoms. The van der Waals surface area contributed by atoms with Crippen LogP contribution in [0.25, 0.3) is 0 Å². The van der Waals surface area contributed by atoms with Gasteiger partial charge in [-0.1, -0.05) is 36.9 Å². The fourth-order valence-corrected chi connectivity index (χ4v) is 3.44. The van der Waals surface area contributed by atoms with Crippen LogP contribution < -0.4 is 9.64 Å². The molecule has 1 saturated heterocycles. The molecule has 2 unspecified atom stereocenters. The van der Waals surface area contributed by atoms with E-state index in [1.807, 2.05) is 48.5 Å². The molecule has 0 aromatic heterocycles. The molecule has 0 radical (unpaired) electrons. The lowest BCUT2D eigenvalue weighted by Gasteiger charge is -2.30. The van der Waals surface area contributed by atoms with Gasteiger partial charge >= 0.3 is 6.09 Å². The van der Waals surface area contributed by atoms with Gasteiger partial charge in [-0.25, -0.2) is 4.79 Å². The number of anilines is 1. The van der Waals surface area contributed by atoms with Crippen LogP contribution >= 0.6 is 0 Å². The van der Waals surface area contributed by atoms with Crippen LogP contribution in [-0.4, -0.2) is 18.2 Å². The molecule has 122 valence electrons. The number of hydrogen-bond donors (Lipinski definition) is 0. The summed E-state index contributed by atoms with van der Waals surface area (Å²) in [5.74, 6) is 0.823. The number of amides is 1. The van der Waals surface area contributed by atoms with Crippen molar-refractivity contribution in [1.82, 2.24) is 0 Å². The number of ether oxygens (including phenoxy) is 2. The number of aryl methyl sites for hydroxylation is 1. The lowest BCUT2D eigenvalue weighted by Crippen LogP contribution is -2.39. The quantitative estimate of drug-likeness (QED) is 0.796. The molecule has 2 aromatic carbocycles. The highest BCUT2D eigenvalue weighted by molar-refractivity contribution is 5.92. The van der Waals surface area contributed by atoms with E-state index in [0.717, 1.165) is 35.4 Å². The highest BCUT2D eigenvalue weighted by Gasteiger charge is 2.43. The summed E-state index contributed by atoms with van der Waals surface area (Å²) in [6.45, 7) is 4.30. The van der Waals surface area contributed by atoms with Crippen LogP contribution in [0.5, 0.6) is 5.75 Å². The zero-order chi connectivity index (χ0) is 16.5. The Kier molecular flexibility index (Phi) is 3.73. The second kappa shape index (κ2) is 6.04. The second-order valence-corrected chi connectivity index (χ2v) is 6.12. The van der Waals surface area contributed by atoms with Crippen LogP contribution in [0.4, 0.5) is 10.5 Å². The first kappa shape index (κ1) is 14.8. The minimum atomic E-state index is -0.288. The van der Waals surface area contributed by atoms with Crippen molar-refractivity contribution in [1.29, 1.82) is 0 Å². The first-order valence-electron chi connectivity index (χ1n) is 8.18. The fourth-order valence-electron chi connectivity index (χ4n) is 3.44. The van der Waals surface area contributed by atoms with E-state index in [0.29, 0.717) is 6.61 Å². The molecular formula is C20H19NO3. The van der Waals surface area contributed by atoms with E-state index in [2.05, 4.69) is 6.58 Å². The van der Waals surface area contributed by atoms with E-state index < -0.39 is 0 Å². The Balaban J connectivity index is 1.54. The average molecular weight is 321 g/mol. The SMILES string of the molecule is C=CC1OC(=O)N2c3ccc(OCc4ccccc4)cc3CCC12. The third-order valence-electron chi connectivity index (χ3n) is 4.65. The summed E-state index contributed by atoms with van der Waals surface area (Å²) in [6.07, 6.45) is 2.98. The van der Waals surface area contributed by atoms with Crippen LogP contribution in [0.15, 0.2) is 61.2 Å². The molecule has 4 nitrogen and oxygen atoms in total. The number of rotatable bonds is 4. The predicted molar refractivity (Wildman–Crippen MR) is 92.3 cm³/mol. The Morgan fingerprint density at radius 3 is 2.88 bits per heavy atom. The topological polar surface area (TPSA) is 38.8 Å². The lowest BCUT2D eigenvalue weighted by molar-refractivity contribution is 0.153. The molecule has 0 spiro atoms. The second-order valence-electron chi connectivity index (χ2n) is 6.12. The standard InChI is InChI=1S/C20H19NO3/c1-2-19-18-10-8-15-12-16(23-13-14-6-4-3-5-7-14)9-11-17(15)21(18)20(22)24-19/h2-7,9,11-12,18-19H,1,8,10,13H2. The summed E-state index contributed by atoms with van der Waals surface area (Å²) in [5.41, 5.74) is 3.18. The maximum absolute atomic E-state index is 12.2. The predicted octanol–water partition coefficient (Wildman–Crippen LogP) is 4.09. The van der Waals surface area contributed by atoms with Crippen molar-refractivity contribution in [2.24, 2.45) is 0 Å². The Morgan fingerprint density at radius 1 is 1.25 bits per heavy atom. The maximum atomic E-state index is 12.2. The number of hydrogen-bond acceptors (Lipinski definition) is 3. The first-order valence-corrected chi connectivity index (χ1v) is 8.18. The minimum absolute atomic E-state index is 0.0542. The van der Waals surface area contributed by atoms with E-state index >= 15 is 0 Å². The zero-order valence-corrected chi connectivity index (χ0v) is 13.4. The third-order valence-corrected chi connectivity index (χ3v) is 4.65. The average Bonchev–Trinajstić information content (AvgIpc) is 2.97. The first-order chi connectivity index (χ1) is 11.8. The Hall–Kier alpha value is -2.75. The molecule has 2 heterocycles. The van der Waals surface area contributed by atoms with Gasteiger partial charge in [0.25, 0.3) is 0 Å². The number of nitrogens with zero attached hydrogens (tertiary/aromatic N) is 1. The van der Waals surface area contributed by atoms with Crippen molar-refractivity contribution < 1.29 is 14.3 Å². The molecular weight excluding hydrogens is 302 g/mol. The molecule has 4 rings (SSSR count). The summed E-state index contributed by atoms with van der Waals surface area (Å²) < 4.78 is 11.3. The van der Waals surface area contributed by atoms with Gasteiger partial charge in [-0.05, 0) is 48.2 Å². The summed E-state index contributed by atoms with van der Waals surface area (Å²) in [5, 5.41) is 0. The van der Waals surface area contributed by atoms with Gasteiger partial charge in [0.1, 0.15) is 18.5 Å². The molecule has 0 N–H and O–H groups in total. The van der Waals surface area contributed by atoms with Crippen LogP contribution in [-0.2, 0) is 17.8 Å². The molecule has 1 fully saturated rings. The highest BCUT2D eigenvalue weighted by atomic mass is 16.6. The van der Waals surface area contributed by atoms with Gasteiger partial charge in [-0.15, -0.1) is 0 Å². The van der Waals surface area contributed by atoms with Crippen molar-refractivity contribution in [3.8, 4) is 5.75 Å². The Morgan fingerprint density at radius 2 is 2.08 bits per heavy atom. The van der Waals surface area contributed by atoms with Crippen molar-refractivity contribution in [2.45, 2.75) is 31.6 Å². The van der Waals surface area contributed by atoms with Crippen LogP contribution in [0, 0.1) is 0 Å². The Labute approximate surface area is 141 Å². The smallest absolute Gasteiger partial charge is 0.415 e. The Bertz CT molecular complexity index is 772. The number of carbonyl (C=O) groups is 1. The van der Waals surface area contributed by atoms with Crippen molar-refractivity contribution in [3.05, 3.63) is 72.3 Å². The van der Waals surface area contributed by atoms with Crippen LogP contribution in [0.2, 0.25) is 0 Å². The third kappa shape index (κ3) is 2.54. The van der Waals surface area contributed by atoms with Gasteiger partial charge in [0.2, 0.25) is 0 Å². The summed E-state index contributed by atoms with van der Waals surface area (Å²) in [4.78, 5) is 13.9.